The standard InChI is InChI=1S/C22H21F3N4O4/c1-13-10-15(19(30)27-18-9-8-14(11-26-18)21(2,3)32)20(31)29(28-13)16-6-4-5-7-17(16)33-12-22(23,24)25/h4-11,32H,12H2,1-3H3,(H,26,27,30). The maximum absolute atomic E-state index is 13.0. The van der Waals surface area contributed by atoms with E-state index in [9.17, 15) is 27.9 Å². The van der Waals surface area contributed by atoms with E-state index in [2.05, 4.69) is 15.4 Å². The molecule has 0 saturated heterocycles. The van der Waals surface area contributed by atoms with Crippen LogP contribution in [-0.4, -0.2) is 38.6 Å². The van der Waals surface area contributed by atoms with Gasteiger partial charge in [0.1, 0.15) is 22.8 Å². The van der Waals surface area contributed by atoms with Crippen molar-refractivity contribution in [2.45, 2.75) is 32.5 Å². The minimum Gasteiger partial charge on any atom is -0.482 e. The molecule has 8 nitrogen and oxygen atoms in total. The number of anilines is 1. The van der Waals surface area contributed by atoms with Gasteiger partial charge in [0.2, 0.25) is 0 Å². The molecule has 2 aromatic heterocycles. The van der Waals surface area contributed by atoms with E-state index in [1.165, 1.54) is 49.5 Å². The van der Waals surface area contributed by atoms with E-state index in [0.29, 0.717) is 5.56 Å². The molecule has 0 saturated carbocycles. The number of amides is 1. The summed E-state index contributed by atoms with van der Waals surface area (Å²) in [6.07, 6.45) is -3.18. The third-order valence-corrected chi connectivity index (χ3v) is 4.47. The Kier molecular flexibility index (Phi) is 6.54. The monoisotopic (exact) mass is 462 g/mol. The number of alkyl halides is 3. The molecule has 1 amide bonds. The summed E-state index contributed by atoms with van der Waals surface area (Å²) in [6, 6.07) is 9.89. The lowest BCUT2D eigenvalue weighted by molar-refractivity contribution is -0.153. The van der Waals surface area contributed by atoms with Crippen molar-refractivity contribution in [1.82, 2.24) is 14.8 Å². The van der Waals surface area contributed by atoms with Crippen LogP contribution in [0.2, 0.25) is 0 Å². The zero-order valence-corrected chi connectivity index (χ0v) is 18.0. The van der Waals surface area contributed by atoms with E-state index in [4.69, 9.17) is 4.74 Å². The van der Waals surface area contributed by atoms with Gasteiger partial charge in [-0.15, -0.1) is 0 Å². The van der Waals surface area contributed by atoms with E-state index >= 15 is 0 Å². The third-order valence-electron chi connectivity index (χ3n) is 4.47. The summed E-state index contributed by atoms with van der Waals surface area (Å²) in [7, 11) is 0. The van der Waals surface area contributed by atoms with Crippen LogP contribution in [0.4, 0.5) is 19.0 Å². The van der Waals surface area contributed by atoms with Gasteiger partial charge in [-0.3, -0.25) is 9.59 Å². The number of nitrogens with one attached hydrogen (secondary N) is 1. The SMILES string of the molecule is Cc1cc(C(=O)Nc2ccc(C(C)(C)O)cn2)c(=O)n(-c2ccccc2OCC(F)(F)F)n1. The van der Waals surface area contributed by atoms with Crippen LogP contribution in [0.3, 0.4) is 0 Å². The number of aromatic nitrogens is 3. The van der Waals surface area contributed by atoms with E-state index in [-0.39, 0.29) is 28.5 Å². The van der Waals surface area contributed by atoms with Gasteiger partial charge in [-0.2, -0.15) is 23.0 Å². The van der Waals surface area contributed by atoms with Crippen molar-refractivity contribution < 1.29 is 27.8 Å². The molecule has 33 heavy (non-hydrogen) atoms. The second-order valence-corrected chi connectivity index (χ2v) is 7.73. The predicted molar refractivity (Wildman–Crippen MR) is 114 cm³/mol. The van der Waals surface area contributed by atoms with Crippen LogP contribution in [0.15, 0.2) is 53.5 Å². The zero-order chi connectivity index (χ0) is 24.4. The van der Waals surface area contributed by atoms with Crippen LogP contribution in [0, 0.1) is 6.92 Å². The number of pyridine rings is 1. The third kappa shape index (κ3) is 5.95. The van der Waals surface area contributed by atoms with Gasteiger partial charge in [0.15, 0.2) is 6.61 Å². The first-order valence-electron chi connectivity index (χ1n) is 9.75. The molecule has 0 spiro atoms. The number of aryl methyl sites for hydroxylation is 1. The van der Waals surface area contributed by atoms with Crippen LogP contribution in [0.25, 0.3) is 5.69 Å². The van der Waals surface area contributed by atoms with Gasteiger partial charge in [0.25, 0.3) is 11.5 Å². The summed E-state index contributed by atoms with van der Waals surface area (Å²) in [4.78, 5) is 29.8. The highest BCUT2D eigenvalue weighted by atomic mass is 19.4. The Morgan fingerprint density at radius 1 is 1.18 bits per heavy atom. The van der Waals surface area contributed by atoms with Gasteiger partial charge in [-0.1, -0.05) is 18.2 Å². The molecule has 3 rings (SSSR count). The number of carbonyl (C=O) groups excluding carboxylic acids is 1. The molecular weight excluding hydrogens is 441 g/mol. The predicted octanol–water partition coefficient (Wildman–Crippen LogP) is 3.36. The molecule has 0 atom stereocenters. The van der Waals surface area contributed by atoms with Gasteiger partial charge in [0.05, 0.1) is 11.3 Å². The number of rotatable bonds is 6. The number of benzene rings is 1. The second-order valence-electron chi connectivity index (χ2n) is 7.73. The van der Waals surface area contributed by atoms with Crippen LogP contribution in [-0.2, 0) is 5.60 Å². The molecule has 2 N–H and O–H groups in total. The molecule has 0 bridgehead atoms. The van der Waals surface area contributed by atoms with Crippen molar-refractivity contribution >= 4 is 11.7 Å². The summed E-state index contributed by atoms with van der Waals surface area (Å²) in [5.41, 5.74) is -1.51. The molecular formula is C22H21F3N4O4. The lowest BCUT2D eigenvalue weighted by atomic mass is 10.0. The zero-order valence-electron chi connectivity index (χ0n) is 18.0. The van der Waals surface area contributed by atoms with Crippen LogP contribution in [0.5, 0.6) is 5.75 Å². The highest BCUT2D eigenvalue weighted by molar-refractivity contribution is 6.03. The summed E-state index contributed by atoms with van der Waals surface area (Å²) in [5, 5.41) is 16.5. The van der Waals surface area contributed by atoms with Gasteiger partial charge in [0, 0.05) is 11.8 Å². The van der Waals surface area contributed by atoms with Crippen molar-refractivity contribution in [2.75, 3.05) is 11.9 Å². The number of nitrogens with zero attached hydrogens (tertiary/aromatic N) is 3. The maximum Gasteiger partial charge on any atom is 0.422 e. The first kappa shape index (κ1) is 23.9. The summed E-state index contributed by atoms with van der Waals surface area (Å²) in [5.74, 6) is -0.857. The number of hydrogen-bond donors (Lipinski definition) is 2. The molecule has 0 aliphatic carbocycles. The van der Waals surface area contributed by atoms with Crippen LogP contribution in [0.1, 0.15) is 35.5 Å². The van der Waals surface area contributed by atoms with Crippen molar-refractivity contribution in [2.24, 2.45) is 0 Å². The quantitative estimate of drug-likeness (QED) is 0.582. The highest BCUT2D eigenvalue weighted by Gasteiger charge is 2.29. The molecule has 0 fully saturated rings. The molecule has 0 unspecified atom stereocenters. The minimum atomic E-state index is -4.57. The molecule has 3 aromatic rings. The Hall–Kier alpha value is -3.73. The van der Waals surface area contributed by atoms with Gasteiger partial charge >= 0.3 is 6.18 Å². The largest absolute Gasteiger partial charge is 0.482 e. The molecule has 0 aliphatic heterocycles. The Bertz CT molecular complexity index is 1220. The topological polar surface area (TPSA) is 106 Å². The maximum atomic E-state index is 13.0. The van der Waals surface area contributed by atoms with E-state index in [1.807, 2.05) is 0 Å². The number of aliphatic hydroxyl groups is 1. The summed E-state index contributed by atoms with van der Waals surface area (Å²) >= 11 is 0. The normalized spacial score (nSPS) is 11.8. The molecule has 0 radical (unpaired) electrons. The number of carbonyl (C=O) groups is 1. The fourth-order valence-electron chi connectivity index (χ4n) is 2.87. The average Bonchev–Trinajstić information content (AvgIpc) is 2.73. The first-order chi connectivity index (χ1) is 15.3. The lowest BCUT2D eigenvalue weighted by Crippen LogP contribution is -2.31. The van der Waals surface area contributed by atoms with E-state index in [0.717, 1.165) is 4.68 Å². The van der Waals surface area contributed by atoms with E-state index in [1.54, 1.807) is 19.9 Å². The fraction of sp³-hybridized carbons (Fsp3) is 0.273. The molecule has 1 aromatic carbocycles. The van der Waals surface area contributed by atoms with Crippen molar-refractivity contribution in [3.8, 4) is 11.4 Å². The molecule has 0 aliphatic rings. The Morgan fingerprint density at radius 2 is 1.88 bits per heavy atom. The smallest absolute Gasteiger partial charge is 0.422 e. The minimum absolute atomic E-state index is 0.0443. The summed E-state index contributed by atoms with van der Waals surface area (Å²) < 4.78 is 43.5. The Morgan fingerprint density at radius 3 is 2.48 bits per heavy atom. The number of hydrogen-bond acceptors (Lipinski definition) is 6. The van der Waals surface area contributed by atoms with Gasteiger partial charge < -0.3 is 15.2 Å². The van der Waals surface area contributed by atoms with Gasteiger partial charge in [-0.25, -0.2) is 4.98 Å². The Balaban J connectivity index is 1.94. The first-order valence-corrected chi connectivity index (χ1v) is 9.75. The van der Waals surface area contributed by atoms with Crippen molar-refractivity contribution in [3.63, 3.8) is 0 Å². The lowest BCUT2D eigenvalue weighted by Gasteiger charge is -2.17. The highest BCUT2D eigenvalue weighted by Crippen LogP contribution is 2.24. The molecule has 11 heteroatoms. The average molecular weight is 462 g/mol. The number of ether oxygens (including phenoxy) is 1. The van der Waals surface area contributed by atoms with Crippen LogP contribution < -0.4 is 15.6 Å². The van der Waals surface area contributed by atoms with Crippen molar-refractivity contribution in [3.05, 3.63) is 75.8 Å². The molecule has 174 valence electrons. The number of para-hydroxylation sites is 2. The van der Waals surface area contributed by atoms with Gasteiger partial charge in [-0.05, 0) is 45.0 Å². The van der Waals surface area contributed by atoms with Crippen molar-refractivity contribution in [1.29, 1.82) is 0 Å². The summed E-state index contributed by atoms with van der Waals surface area (Å²) in [6.45, 7) is 3.15. The second kappa shape index (κ2) is 9.02. The van der Waals surface area contributed by atoms with Crippen LogP contribution >= 0.6 is 0 Å². The Labute approximate surface area is 186 Å². The fourth-order valence-corrected chi connectivity index (χ4v) is 2.87. The number of halogens is 3. The van der Waals surface area contributed by atoms with E-state index < -0.39 is 29.9 Å². The molecule has 2 heterocycles.